The van der Waals surface area contributed by atoms with E-state index in [0.717, 1.165) is 50.0 Å². The SMILES string of the molecule is CC(=O)N[C@H]([C@H]1OC(C)(C)O[C@@H]1[C@H]1COC(C)(C)O1)C1(C2(O)CCCCC2)SCCCS1. The van der Waals surface area contributed by atoms with Gasteiger partial charge in [0.1, 0.15) is 22.4 Å². The molecule has 4 fully saturated rings. The molecule has 7 nitrogen and oxygen atoms in total. The zero-order chi connectivity index (χ0) is 23.2. The van der Waals surface area contributed by atoms with E-state index in [1.165, 1.54) is 6.92 Å². The van der Waals surface area contributed by atoms with Crippen LogP contribution in [-0.2, 0) is 23.7 Å². The van der Waals surface area contributed by atoms with Crippen molar-refractivity contribution in [2.75, 3.05) is 18.1 Å². The van der Waals surface area contributed by atoms with Gasteiger partial charge in [0.05, 0.1) is 18.2 Å². The minimum atomic E-state index is -0.888. The Kier molecular flexibility index (Phi) is 7.21. The van der Waals surface area contributed by atoms with Gasteiger partial charge >= 0.3 is 0 Å². The highest BCUT2D eigenvalue weighted by molar-refractivity contribution is 8.19. The first-order chi connectivity index (χ1) is 15.0. The van der Waals surface area contributed by atoms with Crippen molar-refractivity contribution in [3.05, 3.63) is 0 Å². The lowest BCUT2D eigenvalue weighted by Crippen LogP contribution is -2.68. The quantitative estimate of drug-likeness (QED) is 0.608. The standard InChI is InChI=1S/C23H39NO6S2/c1-15(25)24-19(23(31-12-9-13-32-23)22(26)10-7-6-8-11-22)18-17(29-21(4,5)30-18)16-14-27-20(2,3)28-16/h16-19,26H,6-14H2,1-5H3,(H,24,25)/t16-,17-,18+,19-/m1/s1. The Morgan fingerprint density at radius 3 is 2.19 bits per heavy atom. The molecule has 0 radical (unpaired) electrons. The first-order valence-electron chi connectivity index (χ1n) is 11.9. The van der Waals surface area contributed by atoms with Crippen LogP contribution in [0.25, 0.3) is 0 Å². The predicted molar refractivity (Wildman–Crippen MR) is 127 cm³/mol. The minimum Gasteiger partial charge on any atom is -0.387 e. The van der Waals surface area contributed by atoms with Crippen LogP contribution in [0, 0.1) is 0 Å². The van der Waals surface area contributed by atoms with Crippen molar-refractivity contribution in [1.82, 2.24) is 5.32 Å². The number of amides is 1. The number of carbonyl (C=O) groups is 1. The van der Waals surface area contributed by atoms with Crippen LogP contribution in [0.3, 0.4) is 0 Å². The summed E-state index contributed by atoms with van der Waals surface area (Å²) in [6.45, 7) is 9.53. The highest BCUT2D eigenvalue weighted by atomic mass is 32.2. The van der Waals surface area contributed by atoms with Gasteiger partial charge in [-0.05, 0) is 58.5 Å². The van der Waals surface area contributed by atoms with Gasteiger partial charge in [0, 0.05) is 6.92 Å². The molecule has 0 bridgehead atoms. The normalized spacial score (nSPS) is 36.5. The zero-order valence-corrected chi connectivity index (χ0v) is 21.6. The largest absolute Gasteiger partial charge is 0.387 e. The monoisotopic (exact) mass is 489 g/mol. The molecule has 1 aliphatic carbocycles. The minimum absolute atomic E-state index is 0.128. The van der Waals surface area contributed by atoms with Crippen LogP contribution in [0.2, 0.25) is 0 Å². The van der Waals surface area contributed by atoms with Crippen molar-refractivity contribution >= 4 is 29.4 Å². The molecule has 4 aliphatic rings. The number of nitrogens with one attached hydrogen (secondary N) is 1. The molecule has 32 heavy (non-hydrogen) atoms. The second-order valence-electron chi connectivity index (χ2n) is 10.4. The molecule has 9 heteroatoms. The molecule has 3 aliphatic heterocycles. The van der Waals surface area contributed by atoms with Crippen LogP contribution in [0.15, 0.2) is 0 Å². The number of ether oxygens (including phenoxy) is 4. The average molecular weight is 490 g/mol. The number of hydrogen-bond acceptors (Lipinski definition) is 8. The highest BCUT2D eigenvalue weighted by Crippen LogP contribution is 2.58. The van der Waals surface area contributed by atoms with Gasteiger partial charge in [0.15, 0.2) is 11.6 Å². The summed E-state index contributed by atoms with van der Waals surface area (Å²) >= 11 is 3.58. The highest BCUT2D eigenvalue weighted by Gasteiger charge is 2.63. The number of rotatable bonds is 5. The first kappa shape index (κ1) is 25.1. The average Bonchev–Trinajstić information content (AvgIpc) is 3.25. The molecule has 4 atom stereocenters. The molecule has 1 saturated carbocycles. The second-order valence-corrected chi connectivity index (χ2v) is 13.4. The van der Waals surface area contributed by atoms with Gasteiger partial charge < -0.3 is 29.4 Å². The number of thioether (sulfide) groups is 2. The summed E-state index contributed by atoms with van der Waals surface area (Å²) in [4.78, 5) is 12.5. The summed E-state index contributed by atoms with van der Waals surface area (Å²) in [5.41, 5.74) is -0.888. The van der Waals surface area contributed by atoms with Crippen molar-refractivity contribution < 1.29 is 28.8 Å². The van der Waals surface area contributed by atoms with Crippen molar-refractivity contribution in [3.63, 3.8) is 0 Å². The van der Waals surface area contributed by atoms with E-state index in [4.69, 9.17) is 18.9 Å². The van der Waals surface area contributed by atoms with Crippen LogP contribution in [0.4, 0.5) is 0 Å². The molecule has 1 amide bonds. The van der Waals surface area contributed by atoms with E-state index < -0.39 is 39.5 Å². The van der Waals surface area contributed by atoms with Crippen molar-refractivity contribution in [2.24, 2.45) is 0 Å². The van der Waals surface area contributed by atoms with E-state index in [-0.39, 0.29) is 12.0 Å². The van der Waals surface area contributed by atoms with Crippen LogP contribution < -0.4 is 5.32 Å². The Morgan fingerprint density at radius 2 is 1.62 bits per heavy atom. The van der Waals surface area contributed by atoms with E-state index >= 15 is 0 Å². The van der Waals surface area contributed by atoms with Crippen LogP contribution >= 0.6 is 23.5 Å². The molecule has 184 valence electrons. The first-order valence-corrected chi connectivity index (χ1v) is 13.9. The van der Waals surface area contributed by atoms with Gasteiger partial charge in [-0.25, -0.2) is 0 Å². The molecule has 2 N–H and O–H groups in total. The third-order valence-corrected chi connectivity index (χ3v) is 10.7. The molecule has 0 aromatic rings. The summed E-state index contributed by atoms with van der Waals surface area (Å²) in [6, 6.07) is -0.433. The van der Waals surface area contributed by atoms with E-state index in [1.807, 2.05) is 27.7 Å². The zero-order valence-electron chi connectivity index (χ0n) is 20.0. The summed E-state index contributed by atoms with van der Waals surface area (Å²) in [7, 11) is 0. The predicted octanol–water partition coefficient (Wildman–Crippen LogP) is 3.42. The van der Waals surface area contributed by atoms with E-state index in [9.17, 15) is 9.90 Å². The maximum atomic E-state index is 12.5. The van der Waals surface area contributed by atoms with Gasteiger partial charge in [-0.3, -0.25) is 4.79 Å². The maximum Gasteiger partial charge on any atom is 0.217 e. The van der Waals surface area contributed by atoms with Gasteiger partial charge in [-0.1, -0.05) is 19.3 Å². The smallest absolute Gasteiger partial charge is 0.217 e. The third kappa shape index (κ3) is 4.86. The second kappa shape index (κ2) is 9.21. The molecular weight excluding hydrogens is 450 g/mol. The molecule has 3 saturated heterocycles. The summed E-state index contributed by atoms with van der Waals surface area (Å²) in [6.07, 6.45) is 4.49. The van der Waals surface area contributed by atoms with Gasteiger partial charge in [-0.15, -0.1) is 23.5 Å². The third-order valence-electron chi connectivity index (χ3n) is 6.91. The molecule has 0 unspecified atom stereocenters. The van der Waals surface area contributed by atoms with E-state index in [2.05, 4.69) is 5.32 Å². The Balaban J connectivity index is 1.74. The number of carbonyl (C=O) groups excluding carboxylic acids is 1. The van der Waals surface area contributed by atoms with Crippen LogP contribution in [-0.4, -0.2) is 74.7 Å². The van der Waals surface area contributed by atoms with Crippen molar-refractivity contribution in [3.8, 4) is 0 Å². The fourth-order valence-electron chi connectivity index (χ4n) is 5.62. The molecular formula is C23H39NO6S2. The molecule has 3 heterocycles. The lowest BCUT2D eigenvalue weighted by molar-refractivity contribution is -0.175. The lowest BCUT2D eigenvalue weighted by atomic mass is 9.77. The van der Waals surface area contributed by atoms with Crippen LogP contribution in [0.1, 0.15) is 73.1 Å². The fraction of sp³-hybridized carbons (Fsp3) is 0.957. The maximum absolute atomic E-state index is 12.5. The summed E-state index contributed by atoms with van der Waals surface area (Å²) in [5.74, 6) is 0.244. The molecule has 0 aromatic heterocycles. The van der Waals surface area contributed by atoms with Crippen LogP contribution in [0.5, 0.6) is 0 Å². The Morgan fingerprint density at radius 1 is 0.969 bits per heavy atom. The molecule has 0 aromatic carbocycles. The van der Waals surface area contributed by atoms with Gasteiger partial charge in [0.25, 0.3) is 0 Å². The molecule has 4 rings (SSSR count). The van der Waals surface area contributed by atoms with E-state index in [1.54, 1.807) is 23.5 Å². The van der Waals surface area contributed by atoms with Gasteiger partial charge in [-0.2, -0.15) is 0 Å². The Labute approximate surface area is 200 Å². The van der Waals surface area contributed by atoms with Gasteiger partial charge in [0.2, 0.25) is 5.91 Å². The summed E-state index contributed by atoms with van der Waals surface area (Å²) in [5, 5.41) is 15.3. The Bertz CT molecular complexity index is 690. The lowest BCUT2D eigenvalue weighted by Gasteiger charge is -2.55. The fourth-order valence-corrected chi connectivity index (χ4v) is 9.51. The van der Waals surface area contributed by atoms with E-state index in [0.29, 0.717) is 6.61 Å². The topological polar surface area (TPSA) is 86.3 Å². The van der Waals surface area contributed by atoms with Crippen molar-refractivity contribution in [2.45, 2.75) is 119 Å². The summed E-state index contributed by atoms with van der Waals surface area (Å²) < 4.78 is 24.3. The van der Waals surface area contributed by atoms with Crippen molar-refractivity contribution in [1.29, 1.82) is 0 Å². The molecule has 0 spiro atoms. The Hall–Kier alpha value is -0.0300. The number of aliphatic hydroxyl groups is 1. The number of hydrogen-bond donors (Lipinski definition) is 2.